The Morgan fingerprint density at radius 1 is 1.09 bits per heavy atom. The molecule has 0 spiro atoms. The molecule has 2 aromatic rings. The molecule has 0 unspecified atom stereocenters. The molecule has 1 heterocycles. The van der Waals surface area contributed by atoms with Crippen LogP contribution in [0.4, 0.5) is 4.39 Å². The van der Waals surface area contributed by atoms with Gasteiger partial charge in [-0.3, -0.25) is 9.59 Å². The van der Waals surface area contributed by atoms with Crippen LogP contribution in [0.25, 0.3) is 5.76 Å². The van der Waals surface area contributed by atoms with Crippen LogP contribution < -0.4 is 4.74 Å². The van der Waals surface area contributed by atoms with Crippen LogP contribution in [-0.2, 0) is 9.59 Å². The van der Waals surface area contributed by atoms with E-state index >= 15 is 0 Å². The van der Waals surface area contributed by atoms with Crippen molar-refractivity contribution >= 4 is 17.4 Å². The fourth-order valence-corrected chi connectivity index (χ4v) is 4.00. The van der Waals surface area contributed by atoms with Crippen LogP contribution in [0, 0.1) is 5.82 Å². The predicted octanol–water partition coefficient (Wildman–Crippen LogP) is 4.38. The molecule has 2 aromatic carbocycles. The number of carbonyl (C=O) groups excluding carboxylic acids is 2. The average Bonchev–Trinajstić information content (AvgIpc) is 3.08. The quantitative estimate of drug-likeness (QED) is 0.328. The Bertz CT molecular complexity index is 1020. The molecule has 1 amide bonds. The van der Waals surface area contributed by atoms with E-state index in [0.717, 1.165) is 19.5 Å². The molecule has 1 atom stereocenters. The summed E-state index contributed by atoms with van der Waals surface area (Å²) < 4.78 is 19.2. The topological polar surface area (TPSA) is 70.1 Å². The lowest BCUT2D eigenvalue weighted by Crippen LogP contribution is -2.38. The van der Waals surface area contributed by atoms with Crippen LogP contribution in [0.1, 0.15) is 44.4 Å². The second kappa shape index (κ2) is 11.1. The highest BCUT2D eigenvalue weighted by Gasteiger charge is 2.46. The van der Waals surface area contributed by atoms with Crippen LogP contribution >= 0.6 is 0 Å². The Balaban J connectivity index is 2.08. The van der Waals surface area contributed by atoms with Crippen molar-refractivity contribution in [2.24, 2.45) is 0 Å². The summed E-state index contributed by atoms with van der Waals surface area (Å²) in [6.45, 7) is 9.20. The maximum atomic E-state index is 13.4. The number of ketones is 1. The Morgan fingerprint density at radius 3 is 2.42 bits per heavy atom. The molecule has 0 aliphatic carbocycles. The first-order chi connectivity index (χ1) is 15.9. The van der Waals surface area contributed by atoms with Crippen molar-refractivity contribution in [1.82, 2.24) is 9.80 Å². The number of halogens is 1. The number of hydrogen-bond donors (Lipinski definition) is 1. The Labute approximate surface area is 194 Å². The van der Waals surface area contributed by atoms with E-state index in [-0.39, 0.29) is 16.9 Å². The van der Waals surface area contributed by atoms with Crippen LogP contribution in [0.3, 0.4) is 0 Å². The summed E-state index contributed by atoms with van der Waals surface area (Å²) >= 11 is 0. The number of aliphatic hydroxyl groups excluding tert-OH is 1. The van der Waals surface area contributed by atoms with Crippen molar-refractivity contribution in [1.29, 1.82) is 0 Å². The summed E-state index contributed by atoms with van der Waals surface area (Å²) in [4.78, 5) is 29.8. The lowest BCUT2D eigenvalue weighted by atomic mass is 9.95. The smallest absolute Gasteiger partial charge is 0.295 e. The minimum Gasteiger partial charge on any atom is -0.507 e. The number of amides is 1. The summed E-state index contributed by atoms with van der Waals surface area (Å²) in [5, 5.41) is 11.0. The van der Waals surface area contributed by atoms with E-state index in [2.05, 4.69) is 4.90 Å². The number of carbonyl (C=O) groups is 2. The molecule has 176 valence electrons. The van der Waals surface area contributed by atoms with Gasteiger partial charge in [0.1, 0.15) is 17.3 Å². The summed E-state index contributed by atoms with van der Waals surface area (Å²) in [6, 6.07) is 11.7. The second-order valence-electron chi connectivity index (χ2n) is 7.95. The van der Waals surface area contributed by atoms with Gasteiger partial charge in [-0.15, -0.1) is 0 Å². The van der Waals surface area contributed by atoms with E-state index in [0.29, 0.717) is 31.0 Å². The zero-order valence-corrected chi connectivity index (χ0v) is 19.4. The van der Waals surface area contributed by atoms with Gasteiger partial charge in [-0.25, -0.2) is 4.39 Å². The van der Waals surface area contributed by atoms with Crippen LogP contribution in [0.5, 0.6) is 5.75 Å². The van der Waals surface area contributed by atoms with E-state index in [4.69, 9.17) is 4.74 Å². The molecular weight excluding hydrogens is 423 g/mol. The van der Waals surface area contributed by atoms with Crippen molar-refractivity contribution in [2.45, 2.75) is 33.2 Å². The summed E-state index contributed by atoms with van der Waals surface area (Å²) in [5.74, 6) is -1.55. The van der Waals surface area contributed by atoms with Gasteiger partial charge in [0.05, 0.1) is 18.2 Å². The minimum atomic E-state index is -0.768. The van der Waals surface area contributed by atoms with Crippen LogP contribution in [-0.4, -0.2) is 59.4 Å². The molecule has 0 saturated carbocycles. The average molecular weight is 455 g/mol. The Kier molecular flexibility index (Phi) is 8.22. The third-order valence-corrected chi connectivity index (χ3v) is 5.86. The number of Topliss-reactive ketones (excluding diaryl/α,β-unsaturated/α-hetero) is 1. The van der Waals surface area contributed by atoms with Crippen molar-refractivity contribution in [3.05, 3.63) is 71.0 Å². The molecule has 1 aliphatic rings. The predicted molar refractivity (Wildman–Crippen MR) is 125 cm³/mol. The standard InChI is InChI=1S/C26H31FN2O4/c1-4-16-33-21-9-7-8-19(17-21)23-22(24(30)18-10-12-20(27)13-11-18)25(31)26(32)29(23)15-14-28(5-2)6-3/h7-13,17,23,30H,4-6,14-16H2,1-3H3/t23-/m0/s1. The highest BCUT2D eigenvalue weighted by molar-refractivity contribution is 6.46. The molecule has 6 nitrogen and oxygen atoms in total. The van der Waals surface area contributed by atoms with E-state index in [9.17, 15) is 19.1 Å². The second-order valence-corrected chi connectivity index (χ2v) is 7.95. The van der Waals surface area contributed by atoms with Crippen molar-refractivity contribution < 1.29 is 23.8 Å². The molecule has 33 heavy (non-hydrogen) atoms. The third-order valence-electron chi connectivity index (χ3n) is 5.86. The molecule has 1 fully saturated rings. The number of nitrogens with zero attached hydrogens (tertiary/aromatic N) is 2. The van der Waals surface area contributed by atoms with Gasteiger partial charge in [-0.2, -0.15) is 0 Å². The maximum absolute atomic E-state index is 13.4. The van der Waals surface area contributed by atoms with Crippen LogP contribution in [0.15, 0.2) is 54.1 Å². The van der Waals surface area contributed by atoms with E-state index in [1.165, 1.54) is 29.2 Å². The van der Waals surface area contributed by atoms with Gasteiger partial charge in [0.15, 0.2) is 0 Å². The first-order valence-electron chi connectivity index (χ1n) is 11.4. The lowest BCUT2D eigenvalue weighted by molar-refractivity contribution is -0.140. The number of likely N-dealkylation sites (N-methyl/N-ethyl adjacent to an activating group) is 1. The fourth-order valence-electron chi connectivity index (χ4n) is 4.00. The number of aliphatic hydroxyl groups is 1. The molecule has 1 aliphatic heterocycles. The van der Waals surface area contributed by atoms with Gasteiger partial charge in [0.2, 0.25) is 0 Å². The molecule has 3 rings (SSSR count). The molecule has 0 bridgehead atoms. The number of likely N-dealkylation sites (tertiary alicyclic amines) is 1. The normalized spacial score (nSPS) is 17.7. The van der Waals surface area contributed by atoms with Gasteiger partial charge in [0.25, 0.3) is 11.7 Å². The first-order valence-corrected chi connectivity index (χ1v) is 11.4. The van der Waals surface area contributed by atoms with E-state index < -0.39 is 23.5 Å². The number of rotatable bonds is 10. The first kappa shape index (κ1) is 24.5. The molecular formula is C26H31FN2O4. The molecule has 0 radical (unpaired) electrons. The van der Waals surface area contributed by atoms with Crippen molar-refractivity contribution in [3.8, 4) is 5.75 Å². The zero-order valence-electron chi connectivity index (χ0n) is 19.4. The number of benzene rings is 2. The van der Waals surface area contributed by atoms with E-state index in [1.54, 1.807) is 6.07 Å². The molecule has 1 N–H and O–H groups in total. The summed E-state index contributed by atoms with van der Waals surface area (Å²) in [5.41, 5.74) is 0.950. The van der Waals surface area contributed by atoms with Gasteiger partial charge in [0, 0.05) is 18.7 Å². The van der Waals surface area contributed by atoms with Gasteiger partial charge in [-0.1, -0.05) is 32.9 Å². The summed E-state index contributed by atoms with van der Waals surface area (Å²) in [6.07, 6.45) is 0.844. The molecule has 7 heteroatoms. The Morgan fingerprint density at radius 2 is 1.79 bits per heavy atom. The zero-order chi connectivity index (χ0) is 24.0. The third kappa shape index (κ3) is 5.42. The highest BCUT2D eigenvalue weighted by Crippen LogP contribution is 2.40. The van der Waals surface area contributed by atoms with Gasteiger partial charge >= 0.3 is 0 Å². The Hall–Kier alpha value is -3.19. The number of ether oxygens (including phenoxy) is 1. The van der Waals surface area contributed by atoms with Crippen molar-refractivity contribution in [3.63, 3.8) is 0 Å². The monoisotopic (exact) mass is 454 g/mol. The van der Waals surface area contributed by atoms with E-state index in [1.807, 2.05) is 39.0 Å². The van der Waals surface area contributed by atoms with Gasteiger partial charge < -0.3 is 19.6 Å². The van der Waals surface area contributed by atoms with Crippen molar-refractivity contribution in [2.75, 3.05) is 32.8 Å². The SMILES string of the molecule is CCCOc1cccc([C@H]2C(=C(O)c3ccc(F)cc3)C(=O)C(=O)N2CCN(CC)CC)c1. The minimum absolute atomic E-state index is 0.00111. The largest absolute Gasteiger partial charge is 0.507 e. The number of hydrogen-bond acceptors (Lipinski definition) is 5. The van der Waals surface area contributed by atoms with Gasteiger partial charge in [-0.05, 0) is 61.5 Å². The maximum Gasteiger partial charge on any atom is 0.295 e. The van der Waals surface area contributed by atoms with Crippen LogP contribution in [0.2, 0.25) is 0 Å². The lowest BCUT2D eigenvalue weighted by Gasteiger charge is -2.28. The molecule has 1 saturated heterocycles. The highest BCUT2D eigenvalue weighted by atomic mass is 19.1. The fraction of sp³-hybridized carbons (Fsp3) is 0.385. The molecule has 0 aromatic heterocycles. The summed E-state index contributed by atoms with van der Waals surface area (Å²) in [7, 11) is 0.